The Kier molecular flexibility index (Phi) is 3.93. The van der Waals surface area contributed by atoms with E-state index in [1.165, 1.54) is 13.5 Å². The van der Waals surface area contributed by atoms with E-state index in [0.29, 0.717) is 29.0 Å². The van der Waals surface area contributed by atoms with Gasteiger partial charge in [0.1, 0.15) is 0 Å². The lowest BCUT2D eigenvalue weighted by Gasteiger charge is -2.38. The predicted molar refractivity (Wildman–Crippen MR) is 75.2 cm³/mol. The van der Waals surface area contributed by atoms with Gasteiger partial charge in [0.2, 0.25) is 0 Å². The normalized spacial score (nSPS) is 23.2. The van der Waals surface area contributed by atoms with E-state index < -0.39 is 5.97 Å². The molecule has 19 heavy (non-hydrogen) atoms. The van der Waals surface area contributed by atoms with Crippen LogP contribution >= 0.6 is 0 Å². The maximum absolute atomic E-state index is 11.7. The lowest BCUT2D eigenvalue weighted by Crippen LogP contribution is -2.42. The van der Waals surface area contributed by atoms with Crippen molar-refractivity contribution < 1.29 is 9.53 Å². The number of hydrogen-bond acceptors (Lipinski definition) is 5. The third kappa shape index (κ3) is 2.64. The van der Waals surface area contributed by atoms with Gasteiger partial charge in [-0.2, -0.15) is 0 Å². The summed E-state index contributed by atoms with van der Waals surface area (Å²) >= 11 is 0. The zero-order chi connectivity index (χ0) is 14.0. The van der Waals surface area contributed by atoms with Gasteiger partial charge in [0, 0.05) is 18.8 Å². The number of aromatic nitrogens is 1. The molecule has 0 radical (unpaired) electrons. The molecule has 2 unspecified atom stereocenters. The van der Waals surface area contributed by atoms with Crippen LogP contribution in [-0.4, -0.2) is 30.6 Å². The minimum absolute atomic E-state index is 0.387. The number of nitrogens with zero attached hydrogens (tertiary/aromatic N) is 2. The van der Waals surface area contributed by atoms with Crippen LogP contribution in [0.3, 0.4) is 0 Å². The lowest BCUT2D eigenvalue weighted by molar-refractivity contribution is 0.0602. The van der Waals surface area contributed by atoms with Crippen LogP contribution in [-0.2, 0) is 4.74 Å². The van der Waals surface area contributed by atoms with Gasteiger partial charge in [-0.25, -0.2) is 9.78 Å². The van der Waals surface area contributed by atoms with Crippen LogP contribution in [0.15, 0.2) is 12.3 Å². The monoisotopic (exact) mass is 263 g/mol. The first-order valence-corrected chi connectivity index (χ1v) is 6.64. The quantitative estimate of drug-likeness (QED) is 0.827. The molecule has 0 aromatic carbocycles. The molecular formula is C14H21N3O2. The zero-order valence-electron chi connectivity index (χ0n) is 11.7. The fraction of sp³-hybridized carbons (Fsp3) is 0.571. The second kappa shape index (κ2) is 5.47. The molecule has 0 saturated carbocycles. The number of anilines is 2. The van der Waals surface area contributed by atoms with Crippen LogP contribution in [0.1, 0.15) is 37.0 Å². The molecule has 0 bridgehead atoms. The summed E-state index contributed by atoms with van der Waals surface area (Å²) < 4.78 is 4.74. The number of carbonyl (C=O) groups excluding carboxylic acids is 1. The summed E-state index contributed by atoms with van der Waals surface area (Å²) in [5, 5.41) is 0. The van der Waals surface area contributed by atoms with E-state index in [-0.39, 0.29) is 0 Å². The number of piperidine rings is 1. The molecule has 1 aromatic heterocycles. The summed E-state index contributed by atoms with van der Waals surface area (Å²) in [6.07, 6.45) is 3.95. The standard InChI is InChI=1S/C14H21N3O2/c1-9-4-5-10(2)17(8-9)13-12(15)11(6-7-16-13)14(18)19-3/h6-7,9-10H,4-5,8,15H2,1-3H3. The first-order chi connectivity index (χ1) is 9.04. The maximum atomic E-state index is 11.7. The molecule has 5 nitrogen and oxygen atoms in total. The van der Waals surface area contributed by atoms with E-state index >= 15 is 0 Å². The van der Waals surface area contributed by atoms with E-state index in [1.54, 1.807) is 12.3 Å². The third-order valence-electron chi connectivity index (χ3n) is 3.76. The van der Waals surface area contributed by atoms with Crippen molar-refractivity contribution in [3.8, 4) is 0 Å². The number of methoxy groups -OCH3 is 1. The molecule has 1 aromatic rings. The number of nitrogen functional groups attached to an aromatic ring is 1. The average molecular weight is 263 g/mol. The Morgan fingerprint density at radius 3 is 2.89 bits per heavy atom. The lowest BCUT2D eigenvalue weighted by atomic mass is 9.95. The van der Waals surface area contributed by atoms with E-state index in [4.69, 9.17) is 10.5 Å². The molecule has 0 spiro atoms. The number of carbonyl (C=O) groups is 1. The number of hydrogen-bond donors (Lipinski definition) is 1. The zero-order valence-corrected chi connectivity index (χ0v) is 11.7. The summed E-state index contributed by atoms with van der Waals surface area (Å²) in [4.78, 5) is 18.2. The van der Waals surface area contributed by atoms with E-state index in [9.17, 15) is 4.79 Å². The topological polar surface area (TPSA) is 68.5 Å². The Morgan fingerprint density at radius 1 is 1.47 bits per heavy atom. The SMILES string of the molecule is COC(=O)c1ccnc(N2CC(C)CCC2C)c1N. The Bertz CT molecular complexity index is 476. The van der Waals surface area contributed by atoms with E-state index in [1.807, 2.05) is 0 Å². The molecule has 2 atom stereocenters. The van der Waals surface area contributed by atoms with Gasteiger partial charge in [-0.15, -0.1) is 0 Å². The van der Waals surface area contributed by atoms with Crippen molar-refractivity contribution in [2.75, 3.05) is 24.3 Å². The Hall–Kier alpha value is -1.78. The highest BCUT2D eigenvalue weighted by molar-refractivity contribution is 5.97. The van der Waals surface area contributed by atoms with Crippen molar-refractivity contribution in [1.29, 1.82) is 0 Å². The fourth-order valence-corrected chi connectivity index (χ4v) is 2.56. The second-order valence-corrected chi connectivity index (χ2v) is 5.27. The number of rotatable bonds is 2. The summed E-state index contributed by atoms with van der Waals surface area (Å²) in [5.41, 5.74) is 6.89. The van der Waals surface area contributed by atoms with E-state index in [2.05, 4.69) is 23.7 Å². The van der Waals surface area contributed by atoms with Gasteiger partial charge in [0.25, 0.3) is 0 Å². The minimum Gasteiger partial charge on any atom is -0.465 e. The van der Waals surface area contributed by atoms with Crippen LogP contribution in [0.4, 0.5) is 11.5 Å². The molecule has 0 amide bonds. The van der Waals surface area contributed by atoms with Gasteiger partial charge >= 0.3 is 5.97 Å². The molecule has 104 valence electrons. The minimum atomic E-state index is -0.418. The molecular weight excluding hydrogens is 242 g/mol. The van der Waals surface area contributed by atoms with Crippen LogP contribution in [0.5, 0.6) is 0 Å². The highest BCUT2D eigenvalue weighted by atomic mass is 16.5. The molecule has 1 aliphatic rings. The average Bonchev–Trinajstić information content (AvgIpc) is 2.41. The van der Waals surface area contributed by atoms with Crippen LogP contribution in [0, 0.1) is 5.92 Å². The van der Waals surface area contributed by atoms with Crippen molar-refractivity contribution in [3.63, 3.8) is 0 Å². The summed E-state index contributed by atoms with van der Waals surface area (Å²) in [7, 11) is 1.35. The highest BCUT2D eigenvalue weighted by Gasteiger charge is 2.27. The summed E-state index contributed by atoms with van der Waals surface area (Å²) in [5.74, 6) is 0.889. The Morgan fingerprint density at radius 2 is 2.21 bits per heavy atom. The first-order valence-electron chi connectivity index (χ1n) is 6.64. The van der Waals surface area contributed by atoms with E-state index in [0.717, 1.165) is 13.0 Å². The molecule has 2 rings (SSSR count). The molecule has 5 heteroatoms. The summed E-state index contributed by atoms with van der Waals surface area (Å²) in [6.45, 7) is 5.31. The van der Waals surface area contributed by atoms with Crippen molar-refractivity contribution in [1.82, 2.24) is 4.98 Å². The van der Waals surface area contributed by atoms with Gasteiger partial charge in [-0.1, -0.05) is 6.92 Å². The van der Waals surface area contributed by atoms with Gasteiger partial charge in [0.15, 0.2) is 5.82 Å². The van der Waals surface area contributed by atoms with Crippen LogP contribution in [0.25, 0.3) is 0 Å². The smallest absolute Gasteiger partial charge is 0.340 e. The third-order valence-corrected chi connectivity index (χ3v) is 3.76. The Labute approximate surface area is 113 Å². The van der Waals surface area contributed by atoms with Crippen LogP contribution < -0.4 is 10.6 Å². The number of pyridine rings is 1. The predicted octanol–water partition coefficient (Wildman–Crippen LogP) is 2.08. The molecule has 1 aliphatic heterocycles. The van der Waals surface area contributed by atoms with Gasteiger partial charge < -0.3 is 15.4 Å². The fourth-order valence-electron chi connectivity index (χ4n) is 2.56. The maximum Gasteiger partial charge on any atom is 0.340 e. The number of esters is 1. The van der Waals surface area contributed by atoms with Gasteiger partial charge in [-0.05, 0) is 31.7 Å². The first kappa shape index (κ1) is 13.6. The van der Waals surface area contributed by atoms with Crippen molar-refractivity contribution >= 4 is 17.5 Å². The molecule has 1 fully saturated rings. The van der Waals surface area contributed by atoms with Crippen molar-refractivity contribution in [2.24, 2.45) is 5.92 Å². The molecule has 0 aliphatic carbocycles. The highest BCUT2D eigenvalue weighted by Crippen LogP contribution is 2.31. The largest absolute Gasteiger partial charge is 0.465 e. The van der Waals surface area contributed by atoms with Gasteiger partial charge in [0.05, 0.1) is 18.4 Å². The molecule has 2 N–H and O–H groups in total. The molecule has 1 saturated heterocycles. The Balaban J connectivity index is 2.36. The second-order valence-electron chi connectivity index (χ2n) is 5.27. The van der Waals surface area contributed by atoms with Crippen molar-refractivity contribution in [2.45, 2.75) is 32.7 Å². The molecule has 2 heterocycles. The number of ether oxygens (including phenoxy) is 1. The van der Waals surface area contributed by atoms with Gasteiger partial charge in [-0.3, -0.25) is 0 Å². The van der Waals surface area contributed by atoms with Crippen LogP contribution in [0.2, 0.25) is 0 Å². The van der Waals surface area contributed by atoms with Crippen molar-refractivity contribution in [3.05, 3.63) is 17.8 Å². The summed E-state index contributed by atoms with van der Waals surface area (Å²) in [6, 6.07) is 1.99. The number of nitrogens with two attached hydrogens (primary N) is 1.